The molecule has 0 atom stereocenters. The summed E-state index contributed by atoms with van der Waals surface area (Å²) >= 11 is 0. The molecule has 0 fully saturated rings. The van der Waals surface area contributed by atoms with Gasteiger partial charge in [0.25, 0.3) is 0 Å². The van der Waals surface area contributed by atoms with Gasteiger partial charge in [-0.15, -0.1) is 0 Å². The zero-order chi connectivity index (χ0) is 39.4. The first-order valence-electron chi connectivity index (χ1n) is 15.6. The Bertz CT molecular complexity index is 1870. The second-order valence-electron chi connectivity index (χ2n) is 11.2. The van der Waals surface area contributed by atoms with Crippen molar-refractivity contribution in [3.63, 3.8) is 0 Å². The maximum absolute atomic E-state index is 10.6. The van der Waals surface area contributed by atoms with Gasteiger partial charge in [-0.25, -0.2) is 0 Å². The van der Waals surface area contributed by atoms with Crippen LogP contribution in [0.5, 0.6) is 0 Å². The molecule has 6 aromatic carbocycles. The number of rotatable bonds is 9. The summed E-state index contributed by atoms with van der Waals surface area (Å²) in [5.41, 5.74) is 5.39. The van der Waals surface area contributed by atoms with Crippen LogP contribution in [0.4, 0.5) is 0 Å². The SMILES string of the molecule is O=C([O-])c1ccc(-c2ccc(C(=O)[O-])cc2)cc1.O=C([O-])c1ccc(-c2ccc(C(=O)[O-])cc2)cc1.O=C([O-])c1ccc(-c2ccc(C(=O)[O-])cc2)cc1.[O-2].[Zn+2].[Zn+2].[Zn+2].[Zn+2]. The molecule has 59 heavy (non-hydrogen) atoms. The van der Waals surface area contributed by atoms with Crippen LogP contribution < -0.4 is 30.6 Å². The van der Waals surface area contributed by atoms with Crippen LogP contribution in [-0.4, -0.2) is 35.8 Å². The minimum atomic E-state index is -1.23. The second-order valence-corrected chi connectivity index (χ2v) is 11.2. The molecule has 0 unspecified atom stereocenters. The van der Waals surface area contributed by atoms with E-state index in [9.17, 15) is 59.4 Å². The van der Waals surface area contributed by atoms with Crippen LogP contribution in [0.1, 0.15) is 62.1 Å². The number of carboxylic acid groups (broad SMARTS) is 6. The summed E-state index contributed by atoms with van der Waals surface area (Å²) < 4.78 is 0. The van der Waals surface area contributed by atoms with Crippen molar-refractivity contribution in [2.75, 3.05) is 0 Å². The zero-order valence-electron chi connectivity index (χ0n) is 31.0. The van der Waals surface area contributed by atoms with Crippen LogP contribution in [0.25, 0.3) is 33.4 Å². The van der Waals surface area contributed by atoms with Crippen molar-refractivity contribution in [1.82, 2.24) is 0 Å². The normalized spacial score (nSPS) is 9.15. The molecule has 0 N–H and O–H groups in total. The molecule has 13 nitrogen and oxygen atoms in total. The number of hydrogen-bond acceptors (Lipinski definition) is 12. The Labute approximate surface area is 388 Å². The number of benzene rings is 6. The smallest absolute Gasteiger partial charge is 2.00 e. The Balaban J connectivity index is 0. The van der Waals surface area contributed by atoms with E-state index in [0.29, 0.717) is 0 Å². The predicted molar refractivity (Wildman–Crippen MR) is 182 cm³/mol. The summed E-state index contributed by atoms with van der Waals surface area (Å²) in [6.45, 7) is 0. The number of carbonyl (C=O) groups is 6. The summed E-state index contributed by atoms with van der Waals surface area (Å²) in [5, 5.41) is 63.5. The minimum absolute atomic E-state index is 0. The van der Waals surface area contributed by atoms with Crippen LogP contribution in [0.15, 0.2) is 146 Å². The van der Waals surface area contributed by atoms with Crippen LogP contribution in [0.3, 0.4) is 0 Å². The van der Waals surface area contributed by atoms with E-state index < -0.39 is 35.8 Å². The van der Waals surface area contributed by atoms with Gasteiger partial charge in [0.2, 0.25) is 0 Å². The fourth-order valence-corrected chi connectivity index (χ4v) is 4.79. The van der Waals surface area contributed by atoms with Crippen LogP contribution >= 0.6 is 0 Å². The van der Waals surface area contributed by atoms with E-state index in [1.165, 1.54) is 72.8 Å². The molecule has 6 aromatic rings. The van der Waals surface area contributed by atoms with Gasteiger partial charge in [0.1, 0.15) is 0 Å². The van der Waals surface area contributed by atoms with Crippen molar-refractivity contribution in [3.05, 3.63) is 179 Å². The summed E-state index contributed by atoms with van der Waals surface area (Å²) in [6.07, 6.45) is 0. The van der Waals surface area contributed by atoms with Gasteiger partial charge in [-0.3, -0.25) is 0 Å². The summed E-state index contributed by atoms with van der Waals surface area (Å²) in [4.78, 5) is 63.5. The molecule has 0 heterocycles. The van der Waals surface area contributed by atoms with E-state index in [4.69, 9.17) is 0 Å². The molecule has 6 rings (SSSR count). The van der Waals surface area contributed by atoms with E-state index in [0.717, 1.165) is 33.4 Å². The largest absolute Gasteiger partial charge is 2.00 e. The molecule has 0 amide bonds. The first-order valence-corrected chi connectivity index (χ1v) is 15.6. The molecular weight excluding hydrogens is 974 g/mol. The third-order valence-electron chi connectivity index (χ3n) is 7.72. The van der Waals surface area contributed by atoms with Crippen molar-refractivity contribution < 1.29 is 143 Å². The average Bonchev–Trinajstić information content (AvgIpc) is 3.18. The van der Waals surface area contributed by atoms with E-state index >= 15 is 0 Å². The summed E-state index contributed by atoms with van der Waals surface area (Å²) in [5.74, 6) is -7.37. The van der Waals surface area contributed by atoms with Crippen LogP contribution in [-0.2, 0) is 83.4 Å². The third-order valence-corrected chi connectivity index (χ3v) is 7.72. The van der Waals surface area contributed by atoms with E-state index in [1.807, 2.05) is 0 Å². The van der Waals surface area contributed by atoms with Crippen molar-refractivity contribution in [1.29, 1.82) is 0 Å². The Morgan fingerprint density at radius 1 is 0.220 bits per heavy atom. The fourth-order valence-electron chi connectivity index (χ4n) is 4.79. The Hall–Kier alpha value is -5.41. The Kier molecular flexibility index (Phi) is 25.1. The molecule has 278 valence electrons. The quantitative estimate of drug-likeness (QED) is 0.175. The molecule has 0 bridgehead atoms. The monoisotopic (exact) mass is 992 g/mol. The van der Waals surface area contributed by atoms with Gasteiger partial charge in [0.15, 0.2) is 0 Å². The molecule has 0 radical (unpaired) electrons. The van der Waals surface area contributed by atoms with Crippen molar-refractivity contribution in [3.8, 4) is 33.4 Å². The maximum atomic E-state index is 10.6. The maximum Gasteiger partial charge on any atom is 2.00 e. The Morgan fingerprint density at radius 3 is 0.373 bits per heavy atom. The van der Waals surface area contributed by atoms with Gasteiger partial charge in [-0.05, 0) is 66.8 Å². The van der Waals surface area contributed by atoms with Crippen molar-refractivity contribution >= 4 is 35.8 Å². The fraction of sp³-hybridized carbons (Fsp3) is 0. The Morgan fingerprint density at radius 2 is 0.305 bits per heavy atom. The number of hydrogen-bond donors (Lipinski definition) is 0. The number of aromatic carboxylic acids is 6. The minimum Gasteiger partial charge on any atom is -2.00 e. The summed E-state index contributed by atoms with van der Waals surface area (Å²) in [7, 11) is 0. The van der Waals surface area contributed by atoms with Gasteiger partial charge >= 0.3 is 77.9 Å². The van der Waals surface area contributed by atoms with Crippen LogP contribution in [0, 0.1) is 0 Å². The molecule has 0 aliphatic carbocycles. The van der Waals surface area contributed by atoms with E-state index in [2.05, 4.69) is 0 Å². The predicted octanol–water partition coefficient (Wildman–Crippen LogP) is 0.113. The zero-order valence-corrected chi connectivity index (χ0v) is 42.9. The second kappa shape index (κ2) is 26.6. The molecule has 0 aromatic heterocycles. The number of carbonyl (C=O) groups excluding carboxylic acids is 6. The van der Waals surface area contributed by atoms with Gasteiger partial charge in [-0.2, -0.15) is 0 Å². The topological polar surface area (TPSA) is 269 Å². The van der Waals surface area contributed by atoms with Gasteiger partial charge in [0, 0.05) is 0 Å². The first kappa shape index (κ1) is 55.7. The number of carboxylic acids is 6. The van der Waals surface area contributed by atoms with Crippen LogP contribution in [0.2, 0.25) is 0 Å². The molecule has 0 saturated carbocycles. The molecule has 17 heteroatoms. The van der Waals surface area contributed by atoms with E-state index in [1.54, 1.807) is 72.8 Å². The molecule has 0 spiro atoms. The molecule has 0 aliphatic rings. The van der Waals surface area contributed by atoms with Gasteiger partial charge in [0.05, 0.1) is 35.8 Å². The van der Waals surface area contributed by atoms with Crippen molar-refractivity contribution in [2.45, 2.75) is 0 Å². The molecule has 0 saturated heterocycles. The summed E-state index contributed by atoms with van der Waals surface area (Å²) in [6, 6.07) is 37.0. The molecule has 0 aliphatic heterocycles. The van der Waals surface area contributed by atoms with Crippen molar-refractivity contribution in [2.24, 2.45) is 0 Å². The van der Waals surface area contributed by atoms with E-state index in [-0.39, 0.29) is 117 Å². The van der Waals surface area contributed by atoms with Gasteiger partial charge in [-0.1, -0.05) is 146 Å². The average molecular weight is 998 g/mol. The standard InChI is InChI=1S/3C14H10O4.O.4Zn/c3*15-13(16)11-5-1-9(2-6-11)10-3-7-12(8-4-10)14(17)18;;;;;/h3*1-8H,(H,15,16)(H,17,18);;;;;/q;;;-2;4*+2/p-6. The molecular formula is C42H24O13Zn4. The third kappa shape index (κ3) is 16.4. The van der Waals surface area contributed by atoms with Gasteiger partial charge < -0.3 is 64.9 Å². The first-order chi connectivity index (χ1) is 25.7.